The highest BCUT2D eigenvalue weighted by Crippen LogP contribution is 2.38. The molecule has 6 nitrogen and oxygen atoms in total. The molecule has 2 fully saturated rings. The first-order chi connectivity index (χ1) is 12.8. The summed E-state index contributed by atoms with van der Waals surface area (Å²) < 4.78 is 48.8. The van der Waals surface area contributed by atoms with Crippen molar-refractivity contribution >= 4 is 17.6 Å². The highest BCUT2D eigenvalue weighted by Gasteiger charge is 2.42. The Kier molecular flexibility index (Phi) is 6.00. The molecule has 0 bridgehead atoms. The Bertz CT molecular complexity index is 693. The molecule has 1 N–H and O–H groups in total. The molecule has 0 radical (unpaired) electrons. The van der Waals surface area contributed by atoms with Gasteiger partial charge in [0.25, 0.3) is 0 Å². The van der Waals surface area contributed by atoms with Gasteiger partial charge < -0.3 is 19.7 Å². The minimum atomic E-state index is -4.49. The van der Waals surface area contributed by atoms with E-state index in [1.807, 2.05) is 0 Å². The quantitative estimate of drug-likeness (QED) is 0.473. The lowest BCUT2D eigenvalue weighted by Crippen LogP contribution is -2.42. The molecule has 2 saturated heterocycles. The van der Waals surface area contributed by atoms with E-state index in [-0.39, 0.29) is 22.9 Å². The second kappa shape index (κ2) is 8.10. The summed E-state index contributed by atoms with van der Waals surface area (Å²) in [5.41, 5.74) is -0.677. The van der Waals surface area contributed by atoms with Gasteiger partial charge in [0.05, 0.1) is 18.7 Å². The second-order valence-electron chi connectivity index (χ2n) is 6.81. The molecule has 2 aliphatic rings. The number of hydrogen-bond acceptors (Lipinski definition) is 4. The third-order valence-corrected chi connectivity index (χ3v) is 5.16. The van der Waals surface area contributed by atoms with E-state index < -0.39 is 11.7 Å². The molecule has 1 unspecified atom stereocenters. The summed E-state index contributed by atoms with van der Waals surface area (Å²) in [6.07, 6.45) is -1.63. The number of aliphatic imine (C=N–C) groups is 1. The standard InChI is InChI=1S/C17H22ClF3N4O2/c1-22-15(25-5-2-16(10-25)3-6-26-11-16)23-4-7-27-14-13(18)8-12(9-24-14)17(19,20)21/h8-9H,2-7,10-11H2,1H3,(H,22,23). The fourth-order valence-electron chi connectivity index (χ4n) is 3.42. The first-order valence-electron chi connectivity index (χ1n) is 8.72. The molecule has 0 aromatic carbocycles. The van der Waals surface area contributed by atoms with Crippen molar-refractivity contribution in [3.05, 3.63) is 22.8 Å². The SMILES string of the molecule is CN=C(NCCOc1ncc(C(F)(F)F)cc1Cl)N1CCC2(CCOC2)C1. The number of hydrogen-bond donors (Lipinski definition) is 1. The van der Waals surface area contributed by atoms with Crippen LogP contribution in [-0.2, 0) is 10.9 Å². The number of nitrogens with one attached hydrogen (secondary N) is 1. The first kappa shape index (κ1) is 20.0. The summed E-state index contributed by atoms with van der Waals surface area (Å²) >= 11 is 5.83. The Hall–Kier alpha value is -1.74. The van der Waals surface area contributed by atoms with Gasteiger partial charge in [0, 0.05) is 38.4 Å². The predicted octanol–water partition coefficient (Wildman–Crippen LogP) is 2.82. The summed E-state index contributed by atoms with van der Waals surface area (Å²) in [4.78, 5) is 10.1. The molecular formula is C17H22ClF3N4O2. The largest absolute Gasteiger partial charge is 0.475 e. The lowest BCUT2D eigenvalue weighted by Gasteiger charge is -2.24. The van der Waals surface area contributed by atoms with Gasteiger partial charge in [0.2, 0.25) is 5.88 Å². The first-order valence-corrected chi connectivity index (χ1v) is 9.10. The molecule has 0 saturated carbocycles. The topological polar surface area (TPSA) is 59.0 Å². The number of pyridine rings is 1. The zero-order chi connectivity index (χ0) is 19.5. The van der Waals surface area contributed by atoms with E-state index in [1.165, 1.54) is 0 Å². The van der Waals surface area contributed by atoms with Crippen LogP contribution in [0.1, 0.15) is 18.4 Å². The van der Waals surface area contributed by atoms with Crippen LogP contribution in [0.25, 0.3) is 0 Å². The van der Waals surface area contributed by atoms with Crippen LogP contribution in [0.2, 0.25) is 5.02 Å². The molecule has 1 aromatic heterocycles. The van der Waals surface area contributed by atoms with Gasteiger partial charge in [-0.15, -0.1) is 0 Å². The third-order valence-electron chi connectivity index (χ3n) is 4.89. The van der Waals surface area contributed by atoms with Crippen molar-refractivity contribution in [1.82, 2.24) is 15.2 Å². The highest BCUT2D eigenvalue weighted by molar-refractivity contribution is 6.31. The lowest BCUT2D eigenvalue weighted by molar-refractivity contribution is -0.137. The number of halogens is 4. The zero-order valence-electron chi connectivity index (χ0n) is 15.0. The molecule has 1 aromatic rings. The molecule has 10 heteroatoms. The van der Waals surface area contributed by atoms with E-state index in [0.717, 1.165) is 51.2 Å². The Morgan fingerprint density at radius 3 is 2.93 bits per heavy atom. The van der Waals surface area contributed by atoms with Gasteiger partial charge in [-0.05, 0) is 18.9 Å². The van der Waals surface area contributed by atoms with Crippen molar-refractivity contribution in [3.63, 3.8) is 0 Å². The molecule has 1 atom stereocenters. The van der Waals surface area contributed by atoms with Crippen LogP contribution in [0.15, 0.2) is 17.3 Å². The highest BCUT2D eigenvalue weighted by atomic mass is 35.5. The molecular weight excluding hydrogens is 385 g/mol. The zero-order valence-corrected chi connectivity index (χ0v) is 15.7. The maximum absolute atomic E-state index is 12.6. The number of rotatable bonds is 4. The van der Waals surface area contributed by atoms with E-state index in [0.29, 0.717) is 12.7 Å². The molecule has 1 spiro atoms. The lowest BCUT2D eigenvalue weighted by atomic mass is 9.87. The van der Waals surface area contributed by atoms with Crippen LogP contribution in [0.3, 0.4) is 0 Å². The van der Waals surface area contributed by atoms with Gasteiger partial charge in [0.15, 0.2) is 5.96 Å². The fraction of sp³-hybridized carbons (Fsp3) is 0.647. The van der Waals surface area contributed by atoms with Crippen LogP contribution in [0.5, 0.6) is 5.88 Å². The van der Waals surface area contributed by atoms with E-state index in [4.69, 9.17) is 21.1 Å². The van der Waals surface area contributed by atoms with Crippen molar-refractivity contribution in [3.8, 4) is 5.88 Å². The van der Waals surface area contributed by atoms with Crippen LogP contribution < -0.4 is 10.1 Å². The van der Waals surface area contributed by atoms with Crippen LogP contribution in [0.4, 0.5) is 13.2 Å². The summed E-state index contributed by atoms with van der Waals surface area (Å²) in [6, 6.07) is 0.809. The molecule has 3 rings (SSSR count). The summed E-state index contributed by atoms with van der Waals surface area (Å²) in [5, 5.41) is 3.03. The van der Waals surface area contributed by atoms with Crippen molar-refractivity contribution in [2.75, 3.05) is 46.5 Å². The Morgan fingerprint density at radius 2 is 2.30 bits per heavy atom. The van der Waals surface area contributed by atoms with E-state index in [9.17, 15) is 13.2 Å². The van der Waals surface area contributed by atoms with E-state index >= 15 is 0 Å². The van der Waals surface area contributed by atoms with Gasteiger partial charge in [-0.25, -0.2) is 4.98 Å². The van der Waals surface area contributed by atoms with Crippen molar-refractivity contribution in [2.45, 2.75) is 19.0 Å². The summed E-state index contributed by atoms with van der Waals surface area (Å²) in [7, 11) is 1.72. The monoisotopic (exact) mass is 406 g/mol. The Morgan fingerprint density at radius 1 is 1.48 bits per heavy atom. The van der Waals surface area contributed by atoms with Crippen molar-refractivity contribution in [1.29, 1.82) is 0 Å². The summed E-state index contributed by atoms with van der Waals surface area (Å²) in [6.45, 7) is 4.04. The molecule has 0 aliphatic carbocycles. The maximum atomic E-state index is 12.6. The number of alkyl halides is 3. The van der Waals surface area contributed by atoms with Crippen LogP contribution in [-0.4, -0.2) is 62.3 Å². The van der Waals surface area contributed by atoms with Crippen LogP contribution >= 0.6 is 11.6 Å². The fourth-order valence-corrected chi connectivity index (χ4v) is 3.64. The Balaban J connectivity index is 1.47. The molecule has 150 valence electrons. The number of nitrogens with zero attached hydrogens (tertiary/aromatic N) is 3. The molecule has 2 aliphatic heterocycles. The Labute approximate surface area is 160 Å². The van der Waals surface area contributed by atoms with Gasteiger partial charge >= 0.3 is 6.18 Å². The average Bonchev–Trinajstić information content (AvgIpc) is 3.25. The number of guanidine groups is 1. The van der Waals surface area contributed by atoms with Crippen LogP contribution in [0, 0.1) is 5.41 Å². The minimum absolute atomic E-state index is 0.0234. The molecule has 0 amide bonds. The normalized spacial score (nSPS) is 23.3. The third kappa shape index (κ3) is 4.76. The van der Waals surface area contributed by atoms with Gasteiger partial charge in [-0.1, -0.05) is 11.6 Å². The number of likely N-dealkylation sites (tertiary alicyclic amines) is 1. The maximum Gasteiger partial charge on any atom is 0.417 e. The second-order valence-corrected chi connectivity index (χ2v) is 7.21. The predicted molar refractivity (Wildman–Crippen MR) is 95.2 cm³/mol. The van der Waals surface area contributed by atoms with E-state index in [2.05, 4.69) is 20.2 Å². The van der Waals surface area contributed by atoms with E-state index in [1.54, 1.807) is 7.05 Å². The average molecular weight is 407 g/mol. The number of ether oxygens (including phenoxy) is 2. The smallest absolute Gasteiger partial charge is 0.417 e. The van der Waals surface area contributed by atoms with Gasteiger partial charge in [-0.3, -0.25) is 4.99 Å². The minimum Gasteiger partial charge on any atom is -0.475 e. The molecule has 3 heterocycles. The summed E-state index contributed by atoms with van der Waals surface area (Å²) in [5.74, 6) is 0.749. The number of aromatic nitrogens is 1. The molecule has 27 heavy (non-hydrogen) atoms. The van der Waals surface area contributed by atoms with Gasteiger partial charge in [-0.2, -0.15) is 13.2 Å². The van der Waals surface area contributed by atoms with Crippen molar-refractivity contribution < 1.29 is 22.6 Å². The van der Waals surface area contributed by atoms with Crippen molar-refractivity contribution in [2.24, 2.45) is 10.4 Å². The van der Waals surface area contributed by atoms with Gasteiger partial charge in [0.1, 0.15) is 11.6 Å².